The van der Waals surface area contributed by atoms with E-state index in [0.717, 1.165) is 14.5 Å². The standard InChI is InChI=1S/C5H4IN5S/c1-12-4-3-9-10-5(6)11(3)8-2-7-4/h2H,1H3. The maximum absolute atomic E-state index is 4.06. The number of halogens is 1. The summed E-state index contributed by atoms with van der Waals surface area (Å²) in [5, 5.41) is 12.7. The molecular formula is C5H4IN5S. The Hall–Kier alpha value is -0.440. The molecule has 0 unspecified atom stereocenters. The van der Waals surface area contributed by atoms with Crippen LogP contribution in [0.4, 0.5) is 0 Å². The number of fused-ring (bicyclic) bond motifs is 1. The maximum atomic E-state index is 4.06. The van der Waals surface area contributed by atoms with Crippen molar-refractivity contribution in [3.8, 4) is 0 Å². The van der Waals surface area contributed by atoms with Crippen LogP contribution >= 0.6 is 34.4 Å². The molecule has 0 amide bonds. The molecule has 0 spiro atoms. The second-order valence-corrected chi connectivity index (χ2v) is 3.73. The minimum absolute atomic E-state index is 0.717. The van der Waals surface area contributed by atoms with E-state index in [-0.39, 0.29) is 0 Å². The molecule has 0 aliphatic rings. The molecule has 0 radical (unpaired) electrons. The highest BCUT2D eigenvalue weighted by Crippen LogP contribution is 2.15. The number of nitrogens with zero attached hydrogens (tertiary/aromatic N) is 5. The molecule has 7 heteroatoms. The van der Waals surface area contributed by atoms with Gasteiger partial charge < -0.3 is 0 Å². The summed E-state index contributed by atoms with van der Waals surface area (Å²) in [6.07, 6.45) is 3.45. The summed E-state index contributed by atoms with van der Waals surface area (Å²) in [6.45, 7) is 0. The van der Waals surface area contributed by atoms with E-state index in [1.165, 1.54) is 18.1 Å². The summed E-state index contributed by atoms with van der Waals surface area (Å²) in [7, 11) is 0. The first-order valence-corrected chi connectivity index (χ1v) is 5.39. The van der Waals surface area contributed by atoms with Gasteiger partial charge in [-0.1, -0.05) is 0 Å². The SMILES string of the molecule is CSc1ncnn2c(I)nnc12. The van der Waals surface area contributed by atoms with Crippen LogP contribution in [0.25, 0.3) is 5.65 Å². The molecule has 0 fully saturated rings. The highest BCUT2D eigenvalue weighted by Gasteiger charge is 2.07. The number of hydrogen-bond donors (Lipinski definition) is 0. The van der Waals surface area contributed by atoms with Gasteiger partial charge in [0, 0.05) is 22.6 Å². The van der Waals surface area contributed by atoms with Gasteiger partial charge in [-0.05, 0) is 6.26 Å². The molecule has 12 heavy (non-hydrogen) atoms. The lowest BCUT2D eigenvalue weighted by Crippen LogP contribution is -1.96. The molecule has 0 bridgehead atoms. The highest BCUT2D eigenvalue weighted by molar-refractivity contribution is 14.1. The van der Waals surface area contributed by atoms with Gasteiger partial charge in [0.1, 0.15) is 11.4 Å². The van der Waals surface area contributed by atoms with Crippen LogP contribution in [0.2, 0.25) is 0 Å². The summed E-state index contributed by atoms with van der Waals surface area (Å²) in [6, 6.07) is 0. The van der Waals surface area contributed by atoms with Crippen molar-refractivity contribution >= 4 is 40.0 Å². The number of aromatic nitrogens is 5. The average molecular weight is 293 g/mol. The Morgan fingerprint density at radius 3 is 3.08 bits per heavy atom. The zero-order valence-corrected chi connectivity index (χ0v) is 9.07. The lowest BCUT2D eigenvalue weighted by Gasteiger charge is -1.94. The smallest absolute Gasteiger partial charge is 0.215 e. The van der Waals surface area contributed by atoms with E-state index in [9.17, 15) is 0 Å². The molecule has 62 valence electrons. The lowest BCUT2D eigenvalue weighted by atomic mass is 10.8. The minimum atomic E-state index is 0.717. The van der Waals surface area contributed by atoms with Crippen molar-refractivity contribution in [1.29, 1.82) is 0 Å². The van der Waals surface area contributed by atoms with Crippen molar-refractivity contribution in [1.82, 2.24) is 24.8 Å². The normalized spacial score (nSPS) is 10.8. The number of rotatable bonds is 1. The molecule has 0 saturated carbocycles. The Kier molecular flexibility index (Phi) is 2.13. The van der Waals surface area contributed by atoms with Gasteiger partial charge in [-0.15, -0.1) is 22.0 Å². The predicted octanol–water partition coefficient (Wildman–Crippen LogP) is 0.846. The highest BCUT2D eigenvalue weighted by atomic mass is 127. The Morgan fingerprint density at radius 1 is 1.50 bits per heavy atom. The topological polar surface area (TPSA) is 56.0 Å². The Labute approximate surface area is 86.1 Å². The van der Waals surface area contributed by atoms with E-state index >= 15 is 0 Å². The molecular weight excluding hydrogens is 289 g/mol. The van der Waals surface area contributed by atoms with Crippen LogP contribution in [0, 0.1) is 3.83 Å². The van der Waals surface area contributed by atoms with Gasteiger partial charge in [-0.25, -0.2) is 4.98 Å². The maximum Gasteiger partial charge on any atom is 0.215 e. The van der Waals surface area contributed by atoms with E-state index in [1.54, 1.807) is 4.52 Å². The Balaban J connectivity index is 2.81. The Bertz CT molecular complexity index is 413. The summed E-state index contributed by atoms with van der Waals surface area (Å²) in [4.78, 5) is 4.06. The molecule has 0 aromatic carbocycles. The third kappa shape index (κ3) is 1.16. The molecule has 2 aromatic rings. The molecule has 0 N–H and O–H groups in total. The zero-order valence-electron chi connectivity index (χ0n) is 6.10. The molecule has 2 aromatic heterocycles. The Morgan fingerprint density at radius 2 is 2.33 bits per heavy atom. The van der Waals surface area contributed by atoms with Crippen molar-refractivity contribution in [3.63, 3.8) is 0 Å². The molecule has 0 atom stereocenters. The molecule has 0 saturated heterocycles. The van der Waals surface area contributed by atoms with Crippen molar-refractivity contribution in [2.75, 3.05) is 6.26 Å². The van der Waals surface area contributed by atoms with Crippen LogP contribution in [0.3, 0.4) is 0 Å². The fraction of sp³-hybridized carbons (Fsp3) is 0.200. The van der Waals surface area contributed by atoms with E-state index in [2.05, 4.69) is 42.9 Å². The van der Waals surface area contributed by atoms with Gasteiger partial charge in [0.15, 0.2) is 0 Å². The fourth-order valence-electron chi connectivity index (χ4n) is 0.828. The lowest BCUT2D eigenvalue weighted by molar-refractivity contribution is 0.837. The third-order valence-electron chi connectivity index (χ3n) is 1.33. The van der Waals surface area contributed by atoms with Crippen LogP contribution < -0.4 is 0 Å². The molecule has 2 heterocycles. The van der Waals surface area contributed by atoms with Gasteiger partial charge in [-0.3, -0.25) is 0 Å². The fourth-order valence-corrected chi connectivity index (χ4v) is 1.75. The zero-order chi connectivity index (χ0) is 8.55. The molecule has 5 nitrogen and oxygen atoms in total. The number of thioether (sulfide) groups is 1. The summed E-state index contributed by atoms with van der Waals surface area (Å²) in [5.41, 5.74) is 0.717. The summed E-state index contributed by atoms with van der Waals surface area (Å²) < 4.78 is 2.42. The van der Waals surface area contributed by atoms with Crippen LogP contribution in [0.1, 0.15) is 0 Å². The van der Waals surface area contributed by atoms with Gasteiger partial charge >= 0.3 is 0 Å². The van der Waals surface area contributed by atoms with Crippen molar-refractivity contribution in [2.45, 2.75) is 5.03 Å². The first-order chi connectivity index (χ1) is 5.83. The monoisotopic (exact) mass is 293 g/mol. The van der Waals surface area contributed by atoms with Crippen molar-refractivity contribution in [3.05, 3.63) is 10.2 Å². The minimum Gasteiger partial charge on any atom is -0.224 e. The first-order valence-electron chi connectivity index (χ1n) is 3.09. The van der Waals surface area contributed by atoms with Gasteiger partial charge in [0.05, 0.1) is 0 Å². The largest absolute Gasteiger partial charge is 0.224 e. The van der Waals surface area contributed by atoms with E-state index < -0.39 is 0 Å². The van der Waals surface area contributed by atoms with Gasteiger partial charge in [0.25, 0.3) is 0 Å². The van der Waals surface area contributed by atoms with Crippen LogP contribution in [0.15, 0.2) is 11.4 Å². The molecule has 0 aliphatic heterocycles. The van der Waals surface area contributed by atoms with Gasteiger partial charge in [0.2, 0.25) is 9.48 Å². The number of hydrogen-bond acceptors (Lipinski definition) is 5. The second kappa shape index (κ2) is 3.13. The van der Waals surface area contributed by atoms with Gasteiger partial charge in [-0.2, -0.15) is 9.61 Å². The van der Waals surface area contributed by atoms with E-state index in [1.807, 2.05) is 6.26 Å². The van der Waals surface area contributed by atoms with E-state index in [4.69, 9.17) is 0 Å². The summed E-state index contributed by atoms with van der Waals surface area (Å²) >= 11 is 3.61. The van der Waals surface area contributed by atoms with Crippen molar-refractivity contribution in [2.24, 2.45) is 0 Å². The molecule has 0 aliphatic carbocycles. The second-order valence-electron chi connectivity index (χ2n) is 1.97. The predicted molar refractivity (Wildman–Crippen MR) is 53.1 cm³/mol. The first kappa shape index (κ1) is 8.17. The van der Waals surface area contributed by atoms with Crippen LogP contribution in [0.5, 0.6) is 0 Å². The van der Waals surface area contributed by atoms with Crippen molar-refractivity contribution < 1.29 is 0 Å². The summed E-state index contributed by atoms with van der Waals surface area (Å²) in [5.74, 6) is 0. The molecule has 2 rings (SSSR count). The third-order valence-corrected chi connectivity index (χ3v) is 2.68. The van der Waals surface area contributed by atoms with Crippen LogP contribution in [-0.4, -0.2) is 31.1 Å². The quantitative estimate of drug-likeness (QED) is 0.576. The average Bonchev–Trinajstić information content (AvgIpc) is 2.48. The van der Waals surface area contributed by atoms with Crippen LogP contribution in [-0.2, 0) is 0 Å². The van der Waals surface area contributed by atoms with E-state index in [0.29, 0.717) is 0 Å².